The van der Waals surface area contributed by atoms with Gasteiger partial charge in [-0.1, -0.05) is 12.1 Å². The van der Waals surface area contributed by atoms with Gasteiger partial charge in [0.25, 0.3) is 0 Å². The number of hydrogen-bond donors (Lipinski definition) is 0. The number of carbonyl (C=O) groups excluding carboxylic acids is 2. The zero-order valence-electron chi connectivity index (χ0n) is 18.3. The van der Waals surface area contributed by atoms with E-state index in [1.165, 1.54) is 10.9 Å². The van der Waals surface area contributed by atoms with Gasteiger partial charge in [0.15, 0.2) is 0 Å². The second-order valence-electron chi connectivity index (χ2n) is 8.49. The van der Waals surface area contributed by atoms with Crippen molar-refractivity contribution in [3.05, 3.63) is 36.8 Å². The first-order valence-corrected chi connectivity index (χ1v) is 10.1. The van der Waals surface area contributed by atoms with E-state index in [0.717, 1.165) is 11.3 Å². The molecule has 0 unspecified atom stereocenters. The van der Waals surface area contributed by atoms with Gasteiger partial charge in [-0.25, -0.2) is 14.6 Å². The number of rotatable bonds is 3. The summed E-state index contributed by atoms with van der Waals surface area (Å²) in [6.07, 6.45) is 4.37. The Hall–Kier alpha value is -3.03. The zero-order chi connectivity index (χ0) is 21.9. The molecule has 1 aliphatic heterocycles. The van der Waals surface area contributed by atoms with Crippen molar-refractivity contribution in [2.75, 3.05) is 27.2 Å². The van der Waals surface area contributed by atoms with Crippen molar-refractivity contribution in [1.82, 2.24) is 19.4 Å². The lowest BCUT2D eigenvalue weighted by molar-refractivity contribution is 0.0172. The Morgan fingerprint density at radius 1 is 1.20 bits per heavy atom. The molecular weight excluding hydrogens is 384 g/mol. The summed E-state index contributed by atoms with van der Waals surface area (Å²) in [7, 11) is 3.41. The van der Waals surface area contributed by atoms with E-state index in [1.807, 2.05) is 45.0 Å². The summed E-state index contributed by atoms with van der Waals surface area (Å²) >= 11 is 0. The highest BCUT2D eigenvalue weighted by molar-refractivity contribution is 5.78. The van der Waals surface area contributed by atoms with Gasteiger partial charge in [0, 0.05) is 37.9 Å². The molecule has 8 heteroatoms. The van der Waals surface area contributed by atoms with E-state index >= 15 is 0 Å². The molecule has 1 saturated heterocycles. The van der Waals surface area contributed by atoms with Crippen LogP contribution in [-0.2, 0) is 4.74 Å². The monoisotopic (exact) mass is 414 g/mol. The number of likely N-dealkylation sites (tertiary alicyclic amines) is 1. The van der Waals surface area contributed by atoms with E-state index in [0.29, 0.717) is 31.6 Å². The number of benzene rings is 1. The molecule has 2 heterocycles. The fraction of sp³-hybridized carbons (Fsp3) is 0.500. The summed E-state index contributed by atoms with van der Waals surface area (Å²) in [5.41, 5.74) is 1.08. The number of nitrogens with zero attached hydrogens (tertiary/aromatic N) is 4. The summed E-state index contributed by atoms with van der Waals surface area (Å²) in [6.45, 7) is 6.70. The van der Waals surface area contributed by atoms with Crippen LogP contribution < -0.4 is 4.74 Å². The summed E-state index contributed by atoms with van der Waals surface area (Å²) < 4.78 is 12.2. The van der Waals surface area contributed by atoms with Crippen LogP contribution in [0.2, 0.25) is 0 Å². The third kappa shape index (κ3) is 5.11. The third-order valence-electron chi connectivity index (χ3n) is 5.13. The molecule has 1 aromatic heterocycles. The molecule has 30 heavy (non-hydrogen) atoms. The lowest BCUT2D eigenvalue weighted by Crippen LogP contribution is -2.49. The highest BCUT2D eigenvalue weighted by Gasteiger charge is 2.30. The number of imidazole rings is 1. The number of methoxy groups -OCH3 is 1. The SMILES string of the molecule is COc1cccc(-c2cn(C(=O)N(C)C3CCN(C(=O)OC(C)(C)C)CC3)cn2)c1. The molecule has 1 fully saturated rings. The maximum absolute atomic E-state index is 12.9. The van der Waals surface area contributed by atoms with Crippen molar-refractivity contribution in [2.24, 2.45) is 0 Å². The number of ether oxygens (including phenoxy) is 2. The highest BCUT2D eigenvalue weighted by Crippen LogP contribution is 2.23. The van der Waals surface area contributed by atoms with E-state index in [9.17, 15) is 9.59 Å². The fourth-order valence-corrected chi connectivity index (χ4v) is 3.46. The molecular formula is C22H30N4O4. The smallest absolute Gasteiger partial charge is 0.410 e. The van der Waals surface area contributed by atoms with Crippen molar-refractivity contribution < 1.29 is 19.1 Å². The predicted molar refractivity (Wildman–Crippen MR) is 114 cm³/mol. The van der Waals surface area contributed by atoms with Gasteiger partial charge in [-0.05, 0) is 45.7 Å². The largest absolute Gasteiger partial charge is 0.497 e. The average Bonchev–Trinajstić information content (AvgIpc) is 3.22. The van der Waals surface area contributed by atoms with E-state index in [2.05, 4.69) is 4.98 Å². The zero-order valence-corrected chi connectivity index (χ0v) is 18.3. The van der Waals surface area contributed by atoms with Crippen molar-refractivity contribution in [3.8, 4) is 17.0 Å². The van der Waals surface area contributed by atoms with Crippen LogP contribution in [0.3, 0.4) is 0 Å². The van der Waals surface area contributed by atoms with E-state index in [4.69, 9.17) is 9.47 Å². The Labute approximate surface area is 177 Å². The number of piperidine rings is 1. The van der Waals surface area contributed by atoms with Crippen molar-refractivity contribution in [2.45, 2.75) is 45.3 Å². The van der Waals surface area contributed by atoms with Gasteiger partial charge in [0.1, 0.15) is 17.7 Å². The van der Waals surface area contributed by atoms with Crippen molar-refractivity contribution >= 4 is 12.1 Å². The Balaban J connectivity index is 1.60. The maximum Gasteiger partial charge on any atom is 0.410 e. The minimum atomic E-state index is -0.511. The van der Waals surface area contributed by atoms with E-state index in [-0.39, 0.29) is 18.2 Å². The normalized spacial score (nSPS) is 15.0. The molecule has 0 N–H and O–H groups in total. The van der Waals surface area contributed by atoms with Crippen LogP contribution in [0.4, 0.5) is 9.59 Å². The Morgan fingerprint density at radius 3 is 2.53 bits per heavy atom. The Kier molecular flexibility index (Phi) is 6.34. The second-order valence-corrected chi connectivity index (χ2v) is 8.49. The van der Waals surface area contributed by atoms with Crippen LogP contribution in [0.1, 0.15) is 33.6 Å². The first-order chi connectivity index (χ1) is 14.2. The summed E-state index contributed by atoms with van der Waals surface area (Å²) in [4.78, 5) is 33.0. The van der Waals surface area contributed by atoms with Crippen LogP contribution >= 0.6 is 0 Å². The summed E-state index contributed by atoms with van der Waals surface area (Å²) in [5.74, 6) is 0.738. The molecule has 3 rings (SSSR count). The molecule has 0 saturated carbocycles. The quantitative estimate of drug-likeness (QED) is 0.762. The molecule has 0 atom stereocenters. The molecule has 1 aromatic carbocycles. The summed E-state index contributed by atoms with van der Waals surface area (Å²) in [5, 5.41) is 0. The van der Waals surface area contributed by atoms with Crippen LogP contribution in [0, 0.1) is 0 Å². The highest BCUT2D eigenvalue weighted by atomic mass is 16.6. The topological polar surface area (TPSA) is 76.9 Å². The van der Waals surface area contributed by atoms with Crippen molar-refractivity contribution in [1.29, 1.82) is 0 Å². The molecule has 8 nitrogen and oxygen atoms in total. The summed E-state index contributed by atoms with van der Waals surface area (Å²) in [6, 6.07) is 7.47. The van der Waals surface area contributed by atoms with Crippen LogP contribution in [0.25, 0.3) is 11.3 Å². The standard InChI is InChI=1S/C22H30N4O4/c1-22(2,3)30-21(28)25-11-9-17(10-12-25)24(4)20(27)26-14-19(23-15-26)16-7-6-8-18(13-16)29-5/h6-8,13-15,17H,9-12H2,1-5H3. The van der Waals surface area contributed by atoms with Crippen molar-refractivity contribution in [3.63, 3.8) is 0 Å². The van der Waals surface area contributed by atoms with Gasteiger partial charge >= 0.3 is 12.1 Å². The number of amides is 2. The van der Waals surface area contributed by atoms with E-state index < -0.39 is 5.60 Å². The average molecular weight is 415 g/mol. The molecule has 0 bridgehead atoms. The first-order valence-electron chi connectivity index (χ1n) is 10.1. The van der Waals surface area contributed by atoms with E-state index in [1.54, 1.807) is 30.2 Å². The molecule has 0 spiro atoms. The lowest BCUT2D eigenvalue weighted by Gasteiger charge is -2.37. The minimum absolute atomic E-state index is 0.0545. The molecule has 1 aliphatic rings. The van der Waals surface area contributed by atoms with Gasteiger partial charge in [0.05, 0.1) is 12.8 Å². The second kappa shape index (κ2) is 8.77. The van der Waals surface area contributed by atoms with Crippen LogP contribution in [-0.4, -0.2) is 70.4 Å². The van der Waals surface area contributed by atoms with Gasteiger partial charge < -0.3 is 19.3 Å². The van der Waals surface area contributed by atoms with Gasteiger partial charge in [-0.3, -0.25) is 4.57 Å². The number of aromatic nitrogens is 2. The van der Waals surface area contributed by atoms with Gasteiger partial charge in [0.2, 0.25) is 0 Å². The van der Waals surface area contributed by atoms with Gasteiger partial charge in [-0.2, -0.15) is 0 Å². The number of carbonyl (C=O) groups is 2. The molecule has 0 radical (unpaired) electrons. The lowest BCUT2D eigenvalue weighted by atomic mass is 10.0. The molecule has 162 valence electrons. The Morgan fingerprint density at radius 2 is 1.90 bits per heavy atom. The Bertz CT molecular complexity index is 895. The number of hydrogen-bond acceptors (Lipinski definition) is 5. The fourth-order valence-electron chi connectivity index (χ4n) is 3.46. The molecule has 2 amide bonds. The van der Waals surface area contributed by atoms with Crippen LogP contribution in [0.15, 0.2) is 36.8 Å². The molecule has 2 aromatic rings. The maximum atomic E-state index is 12.9. The predicted octanol–water partition coefficient (Wildman–Crippen LogP) is 3.86. The minimum Gasteiger partial charge on any atom is -0.497 e. The van der Waals surface area contributed by atoms with Crippen LogP contribution in [0.5, 0.6) is 5.75 Å². The first kappa shape index (κ1) is 21.7. The van der Waals surface area contributed by atoms with Gasteiger partial charge in [-0.15, -0.1) is 0 Å². The third-order valence-corrected chi connectivity index (χ3v) is 5.13. The molecule has 0 aliphatic carbocycles.